The molecule has 0 aromatic carbocycles. The molecule has 4 heteroatoms. The molecule has 0 bridgehead atoms. The Bertz CT molecular complexity index is 280. The monoisotopic (exact) mass is 242 g/mol. The average molecular weight is 242 g/mol. The first-order valence-corrected chi connectivity index (χ1v) is 4.71. The number of carbonyl (C=O) groups is 3. The van der Waals surface area contributed by atoms with Crippen molar-refractivity contribution in [1.82, 2.24) is 0 Å². The summed E-state index contributed by atoms with van der Waals surface area (Å²) in [6.07, 6.45) is 1.28. The molecule has 96 valence electrons. The molecular weight excluding hydrogens is 223 g/mol. The number of rotatable bonds is 3. The zero-order valence-corrected chi connectivity index (χ0v) is 10.8. The molecule has 0 fully saturated rings. The van der Waals surface area contributed by atoms with Crippen LogP contribution in [0.1, 0.15) is 27.7 Å². The molecule has 0 aliphatic heterocycles. The maximum absolute atomic E-state index is 11.3. The van der Waals surface area contributed by atoms with Crippen LogP contribution in [0.5, 0.6) is 0 Å². The van der Waals surface area contributed by atoms with E-state index in [1.807, 2.05) is 0 Å². The molecule has 0 aliphatic carbocycles. The van der Waals surface area contributed by atoms with E-state index >= 15 is 0 Å². The zero-order chi connectivity index (χ0) is 14.6. The van der Waals surface area contributed by atoms with Crippen LogP contribution in [0, 0.1) is 0 Å². The van der Waals surface area contributed by atoms with Crippen molar-refractivity contribution < 1.29 is 18.8 Å². The summed E-state index contributed by atoms with van der Waals surface area (Å²) in [5.41, 5.74) is 0.620. The predicted octanol–water partition coefficient (Wildman–Crippen LogP) is 2.97. The third-order valence-electron chi connectivity index (χ3n) is 1.27. The lowest BCUT2D eigenvalue weighted by Gasteiger charge is -1.80. The minimum absolute atomic E-state index is 0.0185. The van der Waals surface area contributed by atoms with Crippen LogP contribution in [0.15, 0.2) is 37.2 Å². The van der Waals surface area contributed by atoms with Crippen molar-refractivity contribution in [3.8, 4) is 0 Å². The highest BCUT2D eigenvalue weighted by Gasteiger charge is 1.91. The van der Waals surface area contributed by atoms with Crippen LogP contribution in [0.25, 0.3) is 0 Å². The van der Waals surface area contributed by atoms with Gasteiger partial charge in [0, 0.05) is 6.92 Å². The summed E-state index contributed by atoms with van der Waals surface area (Å²) < 4.78 is 11.3. The lowest BCUT2D eigenvalue weighted by Crippen LogP contribution is -1.86. The molecule has 17 heavy (non-hydrogen) atoms. The van der Waals surface area contributed by atoms with Gasteiger partial charge in [-0.15, -0.1) is 0 Å². The molecule has 0 rings (SSSR count). The van der Waals surface area contributed by atoms with Crippen LogP contribution in [0.4, 0.5) is 4.39 Å². The summed E-state index contributed by atoms with van der Waals surface area (Å²) >= 11 is 0. The van der Waals surface area contributed by atoms with Crippen LogP contribution >= 0.6 is 0 Å². The first-order chi connectivity index (χ1) is 7.56. The van der Waals surface area contributed by atoms with E-state index in [1.54, 1.807) is 6.92 Å². The quantitative estimate of drug-likeness (QED) is 0.715. The van der Waals surface area contributed by atoms with Gasteiger partial charge in [-0.25, -0.2) is 4.39 Å². The molecule has 0 aromatic rings. The Kier molecular flexibility index (Phi) is 14.8. The van der Waals surface area contributed by atoms with E-state index in [0.29, 0.717) is 5.57 Å². The zero-order valence-electron chi connectivity index (χ0n) is 10.8. The van der Waals surface area contributed by atoms with Crippen LogP contribution < -0.4 is 0 Å². The number of ketones is 3. The van der Waals surface area contributed by atoms with Crippen molar-refractivity contribution in [2.75, 3.05) is 0 Å². The third kappa shape index (κ3) is 31.4. The number of allylic oxidation sites excluding steroid dienone is 3. The summed E-state index contributed by atoms with van der Waals surface area (Å²) in [6, 6.07) is 0. The number of hydrogen-bond acceptors (Lipinski definition) is 3. The minimum Gasteiger partial charge on any atom is -0.295 e. The third-order valence-corrected chi connectivity index (χ3v) is 1.27. The highest BCUT2D eigenvalue weighted by molar-refractivity contribution is 5.91. The molecule has 0 spiro atoms. The first-order valence-electron chi connectivity index (χ1n) is 4.71. The molecule has 0 amide bonds. The maximum Gasteiger partial charge on any atom is 0.187 e. The maximum atomic E-state index is 11.3. The summed E-state index contributed by atoms with van der Waals surface area (Å²) in [7, 11) is 0. The Labute approximate surface area is 102 Å². The molecule has 0 saturated carbocycles. The molecule has 0 aromatic heterocycles. The molecule has 0 atom stereocenters. The highest BCUT2D eigenvalue weighted by Crippen LogP contribution is 1.88. The van der Waals surface area contributed by atoms with Gasteiger partial charge in [-0.1, -0.05) is 19.7 Å². The minimum atomic E-state index is -0.880. The summed E-state index contributed by atoms with van der Waals surface area (Å²) in [4.78, 5) is 29.4. The van der Waals surface area contributed by atoms with Gasteiger partial charge in [-0.3, -0.25) is 14.4 Å². The van der Waals surface area contributed by atoms with E-state index in [4.69, 9.17) is 0 Å². The van der Waals surface area contributed by atoms with E-state index in [2.05, 4.69) is 19.7 Å². The Morgan fingerprint density at radius 1 is 0.941 bits per heavy atom. The second kappa shape index (κ2) is 12.2. The standard InChI is InChI=1S/C5H8O.C4H5FO.C4H6O/c1-4(2)5(3)6;1-3(5)4(2)6;1-3-4(2)5/h1H2,2-3H3;1H2,2H3;3H,1H2,2H3. The Hall–Kier alpha value is -1.84. The van der Waals surface area contributed by atoms with Gasteiger partial charge in [0.2, 0.25) is 0 Å². The van der Waals surface area contributed by atoms with Gasteiger partial charge >= 0.3 is 0 Å². The Morgan fingerprint density at radius 2 is 1.12 bits per heavy atom. The predicted molar refractivity (Wildman–Crippen MR) is 67.3 cm³/mol. The van der Waals surface area contributed by atoms with Crippen LogP contribution in [0.3, 0.4) is 0 Å². The van der Waals surface area contributed by atoms with Gasteiger partial charge in [0.15, 0.2) is 23.2 Å². The van der Waals surface area contributed by atoms with Gasteiger partial charge in [0.1, 0.15) is 0 Å². The highest BCUT2D eigenvalue weighted by atomic mass is 19.1. The van der Waals surface area contributed by atoms with Crippen LogP contribution in [0.2, 0.25) is 0 Å². The Morgan fingerprint density at radius 3 is 1.12 bits per heavy atom. The molecule has 3 nitrogen and oxygen atoms in total. The van der Waals surface area contributed by atoms with Gasteiger partial charge in [-0.2, -0.15) is 0 Å². The SMILES string of the molecule is C=C(C)C(C)=O.C=C(F)C(C)=O.C=CC(C)=O. The van der Waals surface area contributed by atoms with E-state index in [9.17, 15) is 18.8 Å². The smallest absolute Gasteiger partial charge is 0.187 e. The van der Waals surface area contributed by atoms with Gasteiger partial charge in [-0.05, 0) is 32.4 Å². The summed E-state index contributed by atoms with van der Waals surface area (Å²) in [5, 5.41) is 0. The second-order valence-corrected chi connectivity index (χ2v) is 3.11. The average Bonchev–Trinajstić information content (AvgIpc) is 2.19. The fourth-order valence-electron chi connectivity index (χ4n) is 0. The van der Waals surface area contributed by atoms with Gasteiger partial charge in [0.25, 0.3) is 0 Å². The molecule has 0 heterocycles. The van der Waals surface area contributed by atoms with E-state index in [0.717, 1.165) is 6.92 Å². The molecule has 0 aliphatic rings. The summed E-state index contributed by atoms with van der Waals surface area (Å²) in [5.74, 6) is -1.40. The van der Waals surface area contributed by atoms with Crippen molar-refractivity contribution in [3.63, 3.8) is 0 Å². The van der Waals surface area contributed by atoms with Crippen molar-refractivity contribution in [2.24, 2.45) is 0 Å². The van der Waals surface area contributed by atoms with Gasteiger partial charge < -0.3 is 0 Å². The molecule has 0 N–H and O–H groups in total. The van der Waals surface area contributed by atoms with Crippen LogP contribution in [-0.2, 0) is 14.4 Å². The lowest BCUT2D eigenvalue weighted by molar-refractivity contribution is -0.115. The topological polar surface area (TPSA) is 51.2 Å². The number of Topliss-reactive ketones (excluding diaryl/α,β-unsaturated/α-hetero) is 2. The fourth-order valence-corrected chi connectivity index (χ4v) is 0. The number of halogens is 1. The van der Waals surface area contributed by atoms with Crippen molar-refractivity contribution in [3.05, 3.63) is 37.2 Å². The van der Waals surface area contributed by atoms with Crippen molar-refractivity contribution >= 4 is 17.3 Å². The molecule has 0 unspecified atom stereocenters. The normalized spacial score (nSPS) is 7.35. The second-order valence-electron chi connectivity index (χ2n) is 3.11. The van der Waals surface area contributed by atoms with Crippen molar-refractivity contribution in [2.45, 2.75) is 27.7 Å². The largest absolute Gasteiger partial charge is 0.295 e. The van der Waals surface area contributed by atoms with Crippen LogP contribution in [-0.4, -0.2) is 17.3 Å². The lowest BCUT2D eigenvalue weighted by atomic mass is 10.3. The molecule has 0 radical (unpaired) electrons. The fraction of sp³-hybridized carbons (Fsp3) is 0.308. The van der Waals surface area contributed by atoms with E-state index in [-0.39, 0.29) is 11.6 Å². The summed E-state index contributed by atoms with van der Waals surface area (Å²) in [6.45, 7) is 15.1. The molecular formula is C13H19FO3. The van der Waals surface area contributed by atoms with E-state index in [1.165, 1.54) is 19.9 Å². The van der Waals surface area contributed by atoms with Gasteiger partial charge in [0.05, 0.1) is 0 Å². The van der Waals surface area contributed by atoms with Crippen molar-refractivity contribution in [1.29, 1.82) is 0 Å². The number of carbonyl (C=O) groups excluding carboxylic acids is 3. The first kappa shape index (κ1) is 20.6. The Balaban J connectivity index is -0.000000174. The van der Waals surface area contributed by atoms with E-state index < -0.39 is 11.6 Å². The number of hydrogen-bond donors (Lipinski definition) is 0. The molecule has 0 saturated heterocycles.